The van der Waals surface area contributed by atoms with Gasteiger partial charge < -0.3 is 5.73 Å². The van der Waals surface area contributed by atoms with Crippen molar-refractivity contribution in [1.82, 2.24) is 14.6 Å². The van der Waals surface area contributed by atoms with Gasteiger partial charge >= 0.3 is 0 Å². The molecule has 3 N–H and O–H groups in total. The molecule has 0 aromatic carbocycles. The highest BCUT2D eigenvalue weighted by molar-refractivity contribution is 5.42. The van der Waals surface area contributed by atoms with Gasteiger partial charge in [-0.3, -0.25) is 10.1 Å². The van der Waals surface area contributed by atoms with Crippen molar-refractivity contribution in [3.05, 3.63) is 36.9 Å². The van der Waals surface area contributed by atoms with Crippen LogP contribution in [-0.4, -0.2) is 14.6 Å². The van der Waals surface area contributed by atoms with Gasteiger partial charge in [0.25, 0.3) is 0 Å². The van der Waals surface area contributed by atoms with Crippen LogP contribution in [0.5, 0.6) is 0 Å². The molecule has 0 bridgehead atoms. The summed E-state index contributed by atoms with van der Waals surface area (Å²) < 4.78 is 1.78. The molecule has 0 spiro atoms. The van der Waals surface area contributed by atoms with E-state index in [1.165, 1.54) is 6.33 Å². The summed E-state index contributed by atoms with van der Waals surface area (Å²) in [4.78, 5) is 7.78. The van der Waals surface area contributed by atoms with Crippen molar-refractivity contribution < 1.29 is 0 Å². The summed E-state index contributed by atoms with van der Waals surface area (Å²) in [6, 6.07) is 5.50. The summed E-state index contributed by atoms with van der Waals surface area (Å²) in [6.45, 7) is 0. The van der Waals surface area contributed by atoms with Crippen molar-refractivity contribution in [2.45, 2.75) is 0 Å². The molecule has 0 aliphatic heterocycles. The number of nitrogen functional groups attached to an aromatic ring is 1. The number of anilines is 2. The molecule has 5 nitrogen and oxygen atoms in total. The quantitative estimate of drug-likeness (QED) is 0.706. The zero-order chi connectivity index (χ0) is 9.10. The maximum atomic E-state index is 5.49. The second-order valence-corrected chi connectivity index (χ2v) is 2.53. The fourth-order valence-corrected chi connectivity index (χ4v) is 0.975. The minimum Gasteiger partial charge on any atom is -0.384 e. The molecular weight excluding hydrogens is 166 g/mol. The molecule has 0 saturated carbocycles. The topological polar surface area (TPSA) is 68.8 Å². The predicted molar refractivity (Wildman–Crippen MR) is 49.9 cm³/mol. The lowest BCUT2D eigenvalue weighted by Gasteiger charge is -2.05. The van der Waals surface area contributed by atoms with E-state index in [4.69, 9.17) is 5.73 Å². The fraction of sp³-hybridized carbons (Fsp3) is 0. The first-order valence-electron chi connectivity index (χ1n) is 3.82. The van der Waals surface area contributed by atoms with Crippen LogP contribution in [0.4, 0.5) is 11.6 Å². The van der Waals surface area contributed by atoms with Crippen LogP contribution in [0.25, 0.3) is 0 Å². The van der Waals surface area contributed by atoms with Gasteiger partial charge in [0.1, 0.15) is 18.0 Å². The maximum Gasteiger partial charge on any atom is 0.150 e. The Balaban J connectivity index is 2.19. The molecule has 0 unspecified atom stereocenters. The maximum absolute atomic E-state index is 5.49. The Hall–Kier alpha value is -2.04. The third kappa shape index (κ3) is 1.76. The van der Waals surface area contributed by atoms with E-state index >= 15 is 0 Å². The molecule has 0 aliphatic rings. The molecule has 0 aliphatic carbocycles. The van der Waals surface area contributed by atoms with Crippen molar-refractivity contribution in [2.75, 3.05) is 11.2 Å². The number of hydrogen-bond acceptors (Lipinski definition) is 4. The lowest BCUT2D eigenvalue weighted by molar-refractivity contribution is 0.947. The lowest BCUT2D eigenvalue weighted by atomic mass is 10.5. The van der Waals surface area contributed by atoms with Gasteiger partial charge in [-0.25, -0.2) is 9.97 Å². The molecule has 0 atom stereocenters. The molecule has 2 heterocycles. The van der Waals surface area contributed by atoms with Gasteiger partial charge in [-0.05, 0) is 12.1 Å². The van der Waals surface area contributed by atoms with E-state index in [-0.39, 0.29) is 0 Å². The Morgan fingerprint density at radius 2 is 2.00 bits per heavy atom. The molecule has 5 heteroatoms. The van der Waals surface area contributed by atoms with Crippen LogP contribution in [0.2, 0.25) is 0 Å². The van der Waals surface area contributed by atoms with Crippen molar-refractivity contribution in [3.63, 3.8) is 0 Å². The Bertz CT molecular complexity index is 381. The van der Waals surface area contributed by atoms with Gasteiger partial charge in [0.2, 0.25) is 0 Å². The van der Waals surface area contributed by atoms with Gasteiger partial charge in [-0.2, -0.15) is 0 Å². The van der Waals surface area contributed by atoms with Gasteiger partial charge in [0, 0.05) is 18.5 Å². The number of nitrogens with one attached hydrogen (secondary N) is 1. The van der Waals surface area contributed by atoms with E-state index in [0.717, 1.165) is 0 Å². The molecule has 0 amide bonds. The number of nitrogens with two attached hydrogens (primary N) is 1. The lowest BCUT2D eigenvalue weighted by Crippen LogP contribution is -2.07. The first kappa shape index (κ1) is 7.60. The van der Waals surface area contributed by atoms with Gasteiger partial charge in [0.15, 0.2) is 0 Å². The van der Waals surface area contributed by atoms with Crippen LogP contribution >= 0.6 is 0 Å². The van der Waals surface area contributed by atoms with Crippen LogP contribution in [-0.2, 0) is 0 Å². The highest BCUT2D eigenvalue weighted by atomic mass is 15.4. The first-order chi connectivity index (χ1) is 6.34. The smallest absolute Gasteiger partial charge is 0.150 e. The highest BCUT2D eigenvalue weighted by Gasteiger charge is 1.93. The summed E-state index contributed by atoms with van der Waals surface area (Å²) in [5.74, 6) is 1.12. The van der Waals surface area contributed by atoms with E-state index in [1.807, 2.05) is 24.5 Å². The van der Waals surface area contributed by atoms with E-state index in [2.05, 4.69) is 15.4 Å². The zero-order valence-corrected chi connectivity index (χ0v) is 6.88. The Morgan fingerprint density at radius 3 is 2.69 bits per heavy atom. The van der Waals surface area contributed by atoms with E-state index in [9.17, 15) is 0 Å². The number of hydrogen-bond donors (Lipinski definition) is 2. The standard InChI is InChI=1S/C8H9N5/c9-7-5-8(11-6-10-7)12-13-3-1-2-4-13/h1-6H,(H3,9,10,11,12). The second kappa shape index (κ2) is 3.14. The van der Waals surface area contributed by atoms with E-state index < -0.39 is 0 Å². The average Bonchev–Trinajstić information content (AvgIpc) is 2.57. The normalized spacial score (nSPS) is 9.85. The molecule has 2 rings (SSSR count). The van der Waals surface area contributed by atoms with Crippen molar-refractivity contribution >= 4 is 11.6 Å². The highest BCUT2D eigenvalue weighted by Crippen LogP contribution is 2.04. The van der Waals surface area contributed by atoms with E-state index in [1.54, 1.807) is 10.7 Å². The number of nitrogens with zero attached hydrogens (tertiary/aromatic N) is 3. The van der Waals surface area contributed by atoms with Crippen molar-refractivity contribution in [1.29, 1.82) is 0 Å². The molecular formula is C8H9N5. The molecule has 0 saturated heterocycles. The minimum atomic E-state index is 0.449. The molecule has 66 valence electrons. The van der Waals surface area contributed by atoms with Gasteiger partial charge in [-0.15, -0.1) is 0 Å². The fourth-order valence-electron chi connectivity index (χ4n) is 0.975. The second-order valence-electron chi connectivity index (χ2n) is 2.53. The van der Waals surface area contributed by atoms with Crippen LogP contribution in [0.3, 0.4) is 0 Å². The van der Waals surface area contributed by atoms with Crippen LogP contribution in [0.1, 0.15) is 0 Å². The summed E-state index contributed by atoms with van der Waals surface area (Å²) >= 11 is 0. The molecule has 0 fully saturated rings. The third-order valence-electron chi connectivity index (χ3n) is 1.54. The van der Waals surface area contributed by atoms with Gasteiger partial charge in [0.05, 0.1) is 0 Å². The Morgan fingerprint density at radius 1 is 1.23 bits per heavy atom. The van der Waals surface area contributed by atoms with Crippen molar-refractivity contribution in [2.24, 2.45) is 0 Å². The zero-order valence-electron chi connectivity index (χ0n) is 6.88. The molecule has 2 aromatic heterocycles. The van der Waals surface area contributed by atoms with Crippen LogP contribution in [0.15, 0.2) is 36.9 Å². The number of aromatic nitrogens is 3. The summed E-state index contributed by atoms with van der Waals surface area (Å²) in [6.07, 6.45) is 5.16. The van der Waals surface area contributed by atoms with Crippen LogP contribution < -0.4 is 11.2 Å². The SMILES string of the molecule is Nc1cc(Nn2cccc2)ncn1. The average molecular weight is 175 g/mol. The van der Waals surface area contributed by atoms with Gasteiger partial charge in [-0.1, -0.05) is 0 Å². The van der Waals surface area contributed by atoms with Crippen molar-refractivity contribution in [3.8, 4) is 0 Å². The summed E-state index contributed by atoms with van der Waals surface area (Å²) in [5.41, 5.74) is 8.50. The minimum absolute atomic E-state index is 0.449. The Labute approximate surface area is 75.2 Å². The predicted octanol–water partition coefficient (Wildman–Crippen LogP) is 0.736. The molecule has 0 radical (unpaired) electrons. The molecule has 2 aromatic rings. The Kier molecular flexibility index (Phi) is 1.84. The largest absolute Gasteiger partial charge is 0.384 e. The summed E-state index contributed by atoms with van der Waals surface area (Å²) in [5, 5.41) is 0. The van der Waals surface area contributed by atoms with E-state index in [0.29, 0.717) is 11.6 Å². The molecule has 13 heavy (non-hydrogen) atoms. The van der Waals surface area contributed by atoms with Crippen LogP contribution in [0, 0.1) is 0 Å². The third-order valence-corrected chi connectivity index (χ3v) is 1.54. The monoisotopic (exact) mass is 175 g/mol. The number of rotatable bonds is 2. The summed E-state index contributed by atoms with van der Waals surface area (Å²) in [7, 11) is 0. The first-order valence-corrected chi connectivity index (χ1v) is 3.82.